The number of aromatic nitrogens is 2. The molecule has 0 unspecified atom stereocenters. The van der Waals surface area contributed by atoms with Crippen molar-refractivity contribution in [2.45, 2.75) is 12.5 Å². The molecule has 10 nitrogen and oxygen atoms in total. The third-order valence-corrected chi connectivity index (χ3v) is 5.60. The van der Waals surface area contributed by atoms with E-state index in [9.17, 15) is 19.7 Å². The summed E-state index contributed by atoms with van der Waals surface area (Å²) >= 11 is 1.58. The number of thioether (sulfide) groups is 1. The summed E-state index contributed by atoms with van der Waals surface area (Å²) in [4.78, 5) is 48.5. The number of nitro benzene ring substituents is 1. The Labute approximate surface area is 184 Å². The molecule has 1 aromatic heterocycles. The van der Waals surface area contributed by atoms with Crippen LogP contribution < -0.4 is 10.2 Å². The molecule has 0 aliphatic carbocycles. The molecule has 2 amide bonds. The van der Waals surface area contributed by atoms with Crippen LogP contribution in [0.15, 0.2) is 42.7 Å². The van der Waals surface area contributed by atoms with E-state index in [0.717, 1.165) is 0 Å². The Balaban J connectivity index is 1.65. The number of carbonyl (C=O) groups excluding carboxylic acids is 2. The summed E-state index contributed by atoms with van der Waals surface area (Å²) in [6.07, 6.45) is 5.77. The Kier molecular flexibility index (Phi) is 7.76. The molecular weight excluding hydrogens is 420 g/mol. The predicted molar refractivity (Wildman–Crippen MR) is 118 cm³/mol. The van der Waals surface area contributed by atoms with E-state index in [1.165, 1.54) is 24.3 Å². The van der Waals surface area contributed by atoms with Crippen LogP contribution in [0.5, 0.6) is 0 Å². The number of non-ortho nitro benzene ring substituents is 1. The maximum atomic E-state index is 13.1. The number of carbonyl (C=O) groups is 2. The van der Waals surface area contributed by atoms with Gasteiger partial charge in [0.25, 0.3) is 11.6 Å². The normalized spacial score (nSPS) is 14.7. The van der Waals surface area contributed by atoms with Gasteiger partial charge in [-0.2, -0.15) is 11.8 Å². The standard InChI is InChI=1S/C20H24N6O4S/c1-31-13-6-17(23-18(27)15-4-2-5-16(14-15)26(29)30)19(28)24-9-11-25(12-10-24)20-21-7-3-8-22-20/h2-5,7-8,14,17H,6,9-13H2,1H3,(H,23,27)/t17-/m1/s1. The van der Waals surface area contributed by atoms with Crippen LogP contribution in [-0.2, 0) is 4.79 Å². The van der Waals surface area contributed by atoms with E-state index in [1.807, 2.05) is 11.2 Å². The van der Waals surface area contributed by atoms with Gasteiger partial charge >= 0.3 is 0 Å². The van der Waals surface area contributed by atoms with E-state index in [1.54, 1.807) is 35.1 Å². The lowest BCUT2D eigenvalue weighted by atomic mass is 10.1. The Morgan fingerprint density at radius 1 is 1.19 bits per heavy atom. The van der Waals surface area contributed by atoms with E-state index in [4.69, 9.17) is 0 Å². The van der Waals surface area contributed by atoms with Gasteiger partial charge in [-0.3, -0.25) is 19.7 Å². The first kappa shape index (κ1) is 22.5. The van der Waals surface area contributed by atoms with Crippen molar-refractivity contribution in [2.24, 2.45) is 0 Å². The maximum absolute atomic E-state index is 13.1. The minimum absolute atomic E-state index is 0.151. The number of nitro groups is 1. The summed E-state index contributed by atoms with van der Waals surface area (Å²) in [6.45, 7) is 2.20. The number of benzene rings is 1. The van der Waals surface area contributed by atoms with Crippen LogP contribution in [0.3, 0.4) is 0 Å². The molecular formula is C20H24N6O4S. The molecule has 0 radical (unpaired) electrons. The summed E-state index contributed by atoms with van der Waals surface area (Å²) in [5.74, 6) is 0.678. The Morgan fingerprint density at radius 2 is 1.90 bits per heavy atom. The van der Waals surface area contributed by atoms with Crippen molar-refractivity contribution in [3.63, 3.8) is 0 Å². The summed E-state index contributed by atoms with van der Waals surface area (Å²) in [5.41, 5.74) is -0.0129. The fraction of sp³-hybridized carbons (Fsp3) is 0.400. The van der Waals surface area contributed by atoms with Crippen LogP contribution in [-0.4, -0.2) is 75.8 Å². The van der Waals surface area contributed by atoms with Gasteiger partial charge in [-0.05, 0) is 30.6 Å². The zero-order valence-corrected chi connectivity index (χ0v) is 18.0. The first-order valence-corrected chi connectivity index (χ1v) is 11.2. The second-order valence-corrected chi connectivity index (χ2v) is 7.96. The van der Waals surface area contributed by atoms with Gasteiger partial charge in [-0.15, -0.1) is 0 Å². The lowest BCUT2D eigenvalue weighted by Crippen LogP contribution is -2.55. The number of hydrogen-bond donors (Lipinski definition) is 1. The highest BCUT2D eigenvalue weighted by Crippen LogP contribution is 2.15. The molecule has 3 rings (SSSR count). The minimum Gasteiger partial charge on any atom is -0.340 e. The smallest absolute Gasteiger partial charge is 0.270 e. The zero-order valence-electron chi connectivity index (χ0n) is 17.1. The Hall–Kier alpha value is -3.21. The topological polar surface area (TPSA) is 122 Å². The van der Waals surface area contributed by atoms with Gasteiger partial charge < -0.3 is 15.1 Å². The molecule has 1 aliphatic rings. The van der Waals surface area contributed by atoms with Crippen molar-refractivity contribution in [1.82, 2.24) is 20.2 Å². The van der Waals surface area contributed by atoms with Crippen LogP contribution >= 0.6 is 11.8 Å². The van der Waals surface area contributed by atoms with Crippen molar-refractivity contribution in [3.05, 3.63) is 58.4 Å². The summed E-state index contributed by atoms with van der Waals surface area (Å²) in [6, 6.07) is 6.54. The summed E-state index contributed by atoms with van der Waals surface area (Å²) in [7, 11) is 0. The van der Waals surface area contributed by atoms with Crippen molar-refractivity contribution in [2.75, 3.05) is 43.1 Å². The molecule has 2 heterocycles. The zero-order chi connectivity index (χ0) is 22.2. The first-order valence-electron chi connectivity index (χ1n) is 9.84. The summed E-state index contributed by atoms with van der Waals surface area (Å²) < 4.78 is 0. The van der Waals surface area contributed by atoms with Crippen molar-refractivity contribution >= 4 is 35.2 Å². The molecule has 31 heavy (non-hydrogen) atoms. The molecule has 11 heteroatoms. The molecule has 0 spiro atoms. The lowest BCUT2D eigenvalue weighted by molar-refractivity contribution is -0.384. The van der Waals surface area contributed by atoms with Gasteiger partial charge in [-0.25, -0.2) is 9.97 Å². The molecule has 1 fully saturated rings. The molecule has 1 saturated heterocycles. The monoisotopic (exact) mass is 444 g/mol. The molecule has 2 aromatic rings. The van der Waals surface area contributed by atoms with Gasteiger partial charge in [-0.1, -0.05) is 6.07 Å². The number of rotatable bonds is 8. The van der Waals surface area contributed by atoms with E-state index in [-0.39, 0.29) is 17.2 Å². The van der Waals surface area contributed by atoms with Crippen molar-refractivity contribution in [3.8, 4) is 0 Å². The fourth-order valence-electron chi connectivity index (χ4n) is 3.30. The third-order valence-electron chi connectivity index (χ3n) is 4.96. The van der Waals surface area contributed by atoms with E-state index in [0.29, 0.717) is 44.3 Å². The minimum atomic E-state index is -0.696. The second-order valence-electron chi connectivity index (χ2n) is 6.98. The Morgan fingerprint density at radius 3 is 2.55 bits per heavy atom. The number of hydrogen-bond acceptors (Lipinski definition) is 8. The highest BCUT2D eigenvalue weighted by atomic mass is 32.2. The molecule has 1 N–H and O–H groups in total. The fourth-order valence-corrected chi connectivity index (χ4v) is 3.77. The SMILES string of the molecule is CSCC[C@@H](NC(=O)c1cccc([N+](=O)[O-])c1)C(=O)N1CCN(c2ncccn2)CC1. The van der Waals surface area contributed by atoms with Crippen molar-refractivity contribution < 1.29 is 14.5 Å². The average Bonchev–Trinajstić information content (AvgIpc) is 2.82. The molecule has 0 saturated carbocycles. The highest BCUT2D eigenvalue weighted by Gasteiger charge is 2.29. The maximum Gasteiger partial charge on any atom is 0.270 e. The quantitative estimate of drug-likeness (QED) is 0.481. The second kappa shape index (κ2) is 10.7. The Bertz CT molecular complexity index is 921. The predicted octanol–water partition coefficient (Wildman–Crippen LogP) is 1.59. The van der Waals surface area contributed by atoms with E-state index < -0.39 is 16.9 Å². The van der Waals surface area contributed by atoms with Crippen LogP contribution in [0.1, 0.15) is 16.8 Å². The van der Waals surface area contributed by atoms with Crippen molar-refractivity contribution in [1.29, 1.82) is 0 Å². The van der Waals surface area contributed by atoms with Gasteiger partial charge in [0.2, 0.25) is 11.9 Å². The number of anilines is 1. The summed E-state index contributed by atoms with van der Waals surface area (Å²) in [5, 5.41) is 13.8. The molecule has 1 aliphatic heterocycles. The van der Waals surface area contributed by atoms with Gasteiger partial charge in [0.15, 0.2) is 0 Å². The van der Waals surface area contributed by atoms with Gasteiger partial charge in [0, 0.05) is 56.3 Å². The molecule has 1 aromatic carbocycles. The molecule has 164 valence electrons. The number of nitrogens with one attached hydrogen (secondary N) is 1. The molecule has 1 atom stereocenters. The number of amides is 2. The van der Waals surface area contributed by atoms with Crippen LogP contribution in [0, 0.1) is 10.1 Å². The first-order chi connectivity index (χ1) is 15.0. The van der Waals surface area contributed by atoms with E-state index in [2.05, 4.69) is 15.3 Å². The number of nitrogens with zero attached hydrogens (tertiary/aromatic N) is 5. The van der Waals surface area contributed by atoms with Crippen LogP contribution in [0.25, 0.3) is 0 Å². The van der Waals surface area contributed by atoms with Crippen LogP contribution in [0.4, 0.5) is 11.6 Å². The largest absolute Gasteiger partial charge is 0.340 e. The van der Waals surface area contributed by atoms with Crippen LogP contribution in [0.2, 0.25) is 0 Å². The highest BCUT2D eigenvalue weighted by molar-refractivity contribution is 7.98. The third kappa shape index (κ3) is 5.91. The molecule has 0 bridgehead atoms. The van der Waals surface area contributed by atoms with Gasteiger partial charge in [0.05, 0.1) is 4.92 Å². The lowest BCUT2D eigenvalue weighted by Gasteiger charge is -2.36. The average molecular weight is 445 g/mol. The number of piperazine rings is 1. The van der Waals surface area contributed by atoms with E-state index >= 15 is 0 Å². The van der Waals surface area contributed by atoms with Gasteiger partial charge in [0.1, 0.15) is 6.04 Å².